The number of benzene rings is 2. The number of nitrogens with zero attached hydrogens (tertiary/aromatic N) is 1. The zero-order valence-corrected chi connectivity index (χ0v) is 15.4. The fourth-order valence-electron chi connectivity index (χ4n) is 3.67. The van der Waals surface area contributed by atoms with E-state index < -0.39 is 12.0 Å². The Balaban J connectivity index is 1.65. The lowest BCUT2D eigenvalue weighted by Gasteiger charge is -2.32. The minimum atomic E-state index is -0.790. The Bertz CT molecular complexity index is 709. The smallest absolute Gasteiger partial charge is 0.320 e. The Hall–Kier alpha value is -2.66. The molecule has 0 saturated carbocycles. The van der Waals surface area contributed by atoms with Gasteiger partial charge in [0, 0.05) is 13.0 Å². The molecule has 142 valence electrons. The Morgan fingerprint density at radius 2 is 1.59 bits per heavy atom. The van der Waals surface area contributed by atoms with Crippen LogP contribution in [0.1, 0.15) is 42.9 Å². The highest BCUT2D eigenvalue weighted by Gasteiger charge is 2.28. The van der Waals surface area contributed by atoms with Gasteiger partial charge in [-0.15, -0.1) is 0 Å². The number of carbonyl (C=O) groups excluding carboxylic acids is 1. The quantitative estimate of drug-likeness (QED) is 0.789. The van der Waals surface area contributed by atoms with E-state index in [2.05, 4.69) is 5.32 Å². The fraction of sp³-hybridized carbons (Fsp3) is 0.364. The van der Waals surface area contributed by atoms with E-state index in [1.807, 2.05) is 65.6 Å². The van der Waals surface area contributed by atoms with Gasteiger partial charge >= 0.3 is 5.97 Å². The second-order valence-electron chi connectivity index (χ2n) is 6.96. The van der Waals surface area contributed by atoms with Gasteiger partial charge in [-0.25, -0.2) is 0 Å². The molecule has 1 atom stereocenters. The number of carboxylic acids is 1. The number of rotatable bonds is 7. The SMILES string of the molecule is O=C(CCN1CCCCC1C(=O)O)NC(c1ccccc1)c1ccccc1. The van der Waals surface area contributed by atoms with Crippen LogP contribution in [0.4, 0.5) is 0 Å². The summed E-state index contributed by atoms with van der Waals surface area (Å²) in [7, 11) is 0. The molecular weight excluding hydrogens is 340 g/mol. The number of carboxylic acid groups (broad SMARTS) is 1. The predicted octanol–water partition coefficient (Wildman–Crippen LogP) is 3.22. The average molecular weight is 366 g/mol. The van der Waals surface area contributed by atoms with Crippen molar-refractivity contribution in [3.8, 4) is 0 Å². The average Bonchev–Trinajstić information content (AvgIpc) is 2.72. The topological polar surface area (TPSA) is 69.6 Å². The van der Waals surface area contributed by atoms with Crippen molar-refractivity contribution in [1.82, 2.24) is 10.2 Å². The maximum atomic E-state index is 12.6. The zero-order chi connectivity index (χ0) is 19.1. The van der Waals surface area contributed by atoms with E-state index >= 15 is 0 Å². The highest BCUT2D eigenvalue weighted by Crippen LogP contribution is 2.22. The van der Waals surface area contributed by atoms with E-state index in [1.165, 1.54) is 0 Å². The Morgan fingerprint density at radius 3 is 2.15 bits per heavy atom. The molecule has 0 aliphatic carbocycles. The van der Waals surface area contributed by atoms with Crippen LogP contribution in [0.15, 0.2) is 60.7 Å². The first-order valence-corrected chi connectivity index (χ1v) is 9.51. The summed E-state index contributed by atoms with van der Waals surface area (Å²) in [6, 6.07) is 19.1. The van der Waals surface area contributed by atoms with Crippen molar-refractivity contribution >= 4 is 11.9 Å². The fourth-order valence-corrected chi connectivity index (χ4v) is 3.67. The van der Waals surface area contributed by atoms with Crippen LogP contribution in [0.25, 0.3) is 0 Å². The van der Waals surface area contributed by atoms with Crippen molar-refractivity contribution in [3.05, 3.63) is 71.8 Å². The number of hydrogen-bond acceptors (Lipinski definition) is 3. The van der Waals surface area contributed by atoms with E-state index in [9.17, 15) is 14.7 Å². The molecule has 2 aromatic rings. The Kier molecular flexibility index (Phi) is 6.60. The highest BCUT2D eigenvalue weighted by atomic mass is 16.4. The minimum absolute atomic E-state index is 0.0672. The Morgan fingerprint density at radius 1 is 1.00 bits per heavy atom. The largest absolute Gasteiger partial charge is 0.480 e. The molecule has 1 aliphatic rings. The van der Waals surface area contributed by atoms with Gasteiger partial charge < -0.3 is 10.4 Å². The molecule has 1 saturated heterocycles. The van der Waals surface area contributed by atoms with Gasteiger partial charge in [0.1, 0.15) is 6.04 Å². The van der Waals surface area contributed by atoms with E-state index in [0.717, 1.165) is 30.5 Å². The van der Waals surface area contributed by atoms with Crippen molar-refractivity contribution < 1.29 is 14.7 Å². The standard InChI is InChI=1S/C22H26N2O3/c25-20(14-16-24-15-8-7-13-19(24)22(26)27)23-21(17-9-3-1-4-10-17)18-11-5-2-6-12-18/h1-6,9-12,19,21H,7-8,13-16H2,(H,23,25)(H,26,27). The van der Waals surface area contributed by atoms with E-state index in [4.69, 9.17) is 0 Å². The van der Waals surface area contributed by atoms with Crippen molar-refractivity contribution in [2.24, 2.45) is 0 Å². The molecule has 0 radical (unpaired) electrons. The van der Waals surface area contributed by atoms with Gasteiger partial charge in [-0.05, 0) is 30.5 Å². The summed E-state index contributed by atoms with van der Waals surface area (Å²) in [6.45, 7) is 1.21. The van der Waals surface area contributed by atoms with Gasteiger partial charge in [-0.3, -0.25) is 14.5 Å². The molecule has 27 heavy (non-hydrogen) atoms. The molecule has 1 heterocycles. The van der Waals surface area contributed by atoms with Crippen molar-refractivity contribution in [2.75, 3.05) is 13.1 Å². The van der Waals surface area contributed by atoms with Gasteiger partial charge in [-0.1, -0.05) is 67.1 Å². The van der Waals surface area contributed by atoms with E-state index in [0.29, 0.717) is 19.4 Å². The number of likely N-dealkylation sites (tertiary alicyclic amines) is 1. The first-order chi connectivity index (χ1) is 13.1. The monoisotopic (exact) mass is 366 g/mol. The van der Waals surface area contributed by atoms with Gasteiger partial charge in [0.25, 0.3) is 0 Å². The lowest BCUT2D eigenvalue weighted by atomic mass is 9.98. The van der Waals surface area contributed by atoms with Crippen LogP contribution in [0.2, 0.25) is 0 Å². The first kappa shape index (κ1) is 19.1. The predicted molar refractivity (Wildman–Crippen MR) is 104 cm³/mol. The molecule has 3 rings (SSSR count). The first-order valence-electron chi connectivity index (χ1n) is 9.51. The molecule has 0 aromatic heterocycles. The summed E-state index contributed by atoms with van der Waals surface area (Å²) in [4.78, 5) is 26.0. The van der Waals surface area contributed by atoms with Gasteiger partial charge in [-0.2, -0.15) is 0 Å². The lowest BCUT2D eigenvalue weighted by molar-refractivity contribution is -0.145. The van der Waals surface area contributed by atoms with Crippen molar-refractivity contribution in [1.29, 1.82) is 0 Å². The second-order valence-corrected chi connectivity index (χ2v) is 6.96. The third kappa shape index (κ3) is 5.17. The molecule has 2 N–H and O–H groups in total. The summed E-state index contributed by atoms with van der Waals surface area (Å²) in [6.07, 6.45) is 2.87. The number of nitrogens with one attached hydrogen (secondary N) is 1. The zero-order valence-electron chi connectivity index (χ0n) is 15.4. The van der Waals surface area contributed by atoms with Crippen LogP contribution in [0.5, 0.6) is 0 Å². The van der Waals surface area contributed by atoms with Crippen LogP contribution in [0, 0.1) is 0 Å². The van der Waals surface area contributed by atoms with E-state index in [1.54, 1.807) is 0 Å². The number of aliphatic carboxylic acids is 1. The normalized spacial score (nSPS) is 17.6. The number of hydrogen-bond donors (Lipinski definition) is 2. The summed E-state index contributed by atoms with van der Waals surface area (Å²) in [5, 5.41) is 12.5. The van der Waals surface area contributed by atoms with Crippen molar-refractivity contribution in [2.45, 2.75) is 37.8 Å². The Labute approximate surface area is 160 Å². The van der Waals surface area contributed by atoms with Crippen LogP contribution in [-0.2, 0) is 9.59 Å². The van der Waals surface area contributed by atoms with Crippen LogP contribution >= 0.6 is 0 Å². The minimum Gasteiger partial charge on any atom is -0.480 e. The third-order valence-electron chi connectivity index (χ3n) is 5.10. The molecule has 1 unspecified atom stereocenters. The molecule has 1 amide bonds. The van der Waals surface area contributed by atoms with Crippen LogP contribution < -0.4 is 5.32 Å². The molecule has 1 fully saturated rings. The summed E-state index contributed by atoms with van der Waals surface area (Å²) >= 11 is 0. The summed E-state index contributed by atoms with van der Waals surface area (Å²) in [5.41, 5.74) is 2.05. The molecular formula is C22H26N2O3. The molecule has 5 nitrogen and oxygen atoms in total. The number of amides is 1. The van der Waals surface area contributed by atoms with Crippen molar-refractivity contribution in [3.63, 3.8) is 0 Å². The molecule has 1 aliphatic heterocycles. The van der Waals surface area contributed by atoms with Crippen LogP contribution in [-0.4, -0.2) is 41.0 Å². The molecule has 2 aromatic carbocycles. The van der Waals surface area contributed by atoms with Gasteiger partial charge in [0.15, 0.2) is 0 Å². The molecule has 5 heteroatoms. The van der Waals surface area contributed by atoms with E-state index in [-0.39, 0.29) is 11.9 Å². The van der Waals surface area contributed by atoms with Gasteiger partial charge in [0.2, 0.25) is 5.91 Å². The maximum Gasteiger partial charge on any atom is 0.320 e. The lowest BCUT2D eigenvalue weighted by Crippen LogP contribution is -2.46. The number of carbonyl (C=O) groups is 2. The van der Waals surface area contributed by atoms with Gasteiger partial charge in [0.05, 0.1) is 6.04 Å². The molecule has 0 bridgehead atoms. The molecule has 0 spiro atoms. The second kappa shape index (κ2) is 9.33. The third-order valence-corrected chi connectivity index (χ3v) is 5.10. The summed E-state index contributed by atoms with van der Waals surface area (Å²) in [5.74, 6) is -0.857. The summed E-state index contributed by atoms with van der Waals surface area (Å²) < 4.78 is 0. The highest BCUT2D eigenvalue weighted by molar-refractivity contribution is 5.77. The van der Waals surface area contributed by atoms with Crippen LogP contribution in [0.3, 0.4) is 0 Å². The maximum absolute atomic E-state index is 12.6. The number of piperidine rings is 1.